The third-order valence-electron chi connectivity index (χ3n) is 5.42. The molecule has 1 aliphatic rings. The van der Waals surface area contributed by atoms with Crippen molar-refractivity contribution < 1.29 is 33.0 Å². The molecule has 0 saturated heterocycles. The number of aliphatic carboxylic acids is 1. The fourth-order valence-electron chi connectivity index (χ4n) is 3.52. The van der Waals surface area contributed by atoms with Crippen molar-refractivity contribution in [3.63, 3.8) is 0 Å². The molecule has 0 fully saturated rings. The molecule has 182 valence electrons. The van der Waals surface area contributed by atoms with E-state index < -0.39 is 30.4 Å². The molecule has 0 spiro atoms. The Morgan fingerprint density at radius 2 is 1.77 bits per heavy atom. The molecule has 1 aliphatic heterocycles. The second kappa shape index (κ2) is 10.1. The molecule has 1 unspecified atom stereocenters. The summed E-state index contributed by atoms with van der Waals surface area (Å²) in [7, 11) is 0. The Morgan fingerprint density at radius 1 is 1.09 bits per heavy atom. The summed E-state index contributed by atoms with van der Waals surface area (Å²) in [6, 6.07) is 14.1. The number of hydrogen-bond donors (Lipinski definition) is 2. The van der Waals surface area contributed by atoms with E-state index in [1.54, 1.807) is 6.07 Å². The van der Waals surface area contributed by atoms with Gasteiger partial charge in [-0.1, -0.05) is 35.3 Å². The van der Waals surface area contributed by atoms with Gasteiger partial charge in [-0.25, -0.2) is 4.79 Å². The molecule has 1 amide bonds. The monoisotopic (exact) mass is 521 g/mol. The van der Waals surface area contributed by atoms with Crippen LogP contribution in [-0.2, 0) is 17.1 Å². The highest BCUT2D eigenvalue weighted by Crippen LogP contribution is 2.39. The summed E-state index contributed by atoms with van der Waals surface area (Å²) in [5.74, 6) is -4.04. The van der Waals surface area contributed by atoms with Crippen LogP contribution in [-0.4, -0.2) is 29.6 Å². The van der Waals surface area contributed by atoms with Crippen LogP contribution in [0.2, 0.25) is 10.0 Å². The highest BCUT2D eigenvalue weighted by molar-refractivity contribution is 6.32. The van der Waals surface area contributed by atoms with Crippen LogP contribution in [0.1, 0.15) is 27.9 Å². The first-order valence-electron chi connectivity index (χ1n) is 10.5. The second-order valence-corrected chi connectivity index (χ2v) is 8.74. The van der Waals surface area contributed by atoms with Crippen LogP contribution in [0.25, 0.3) is 0 Å². The van der Waals surface area contributed by atoms with Crippen LogP contribution in [0.3, 0.4) is 0 Å². The minimum absolute atomic E-state index is 0.161. The molecular weight excluding hydrogens is 503 g/mol. The molecule has 0 aromatic heterocycles. The maximum atomic E-state index is 14.4. The molecule has 10 heteroatoms. The minimum atomic E-state index is -3.27. The lowest BCUT2D eigenvalue weighted by atomic mass is 10.0. The summed E-state index contributed by atoms with van der Waals surface area (Å²) < 4.78 is 40.0. The quantitative estimate of drug-likeness (QED) is 0.393. The average Bonchev–Trinajstić information content (AvgIpc) is 2.83. The summed E-state index contributed by atoms with van der Waals surface area (Å²) in [6.07, 6.45) is -0.0947. The van der Waals surface area contributed by atoms with Crippen LogP contribution in [0.4, 0.5) is 8.78 Å². The average molecular weight is 522 g/mol. The zero-order chi connectivity index (χ0) is 25.2. The van der Waals surface area contributed by atoms with Gasteiger partial charge in [-0.05, 0) is 60.9 Å². The van der Waals surface area contributed by atoms with Crippen molar-refractivity contribution in [2.75, 3.05) is 6.54 Å². The third-order valence-corrected chi connectivity index (χ3v) is 5.96. The van der Waals surface area contributed by atoms with E-state index in [4.69, 9.17) is 32.7 Å². The Hall–Kier alpha value is -3.36. The fourth-order valence-corrected chi connectivity index (χ4v) is 3.87. The summed E-state index contributed by atoms with van der Waals surface area (Å²) in [6.45, 7) is -0.881. The number of alkyl halides is 2. The van der Waals surface area contributed by atoms with Crippen molar-refractivity contribution in [2.24, 2.45) is 0 Å². The SMILES string of the molecule is O=C(NCC(F)(F)c1ccc(Cl)cc1)c1ccc(Oc2cc3c(cc2Cl)CCC(C(=O)O)O3)cc1. The van der Waals surface area contributed by atoms with Gasteiger partial charge >= 0.3 is 5.97 Å². The zero-order valence-electron chi connectivity index (χ0n) is 18.1. The Morgan fingerprint density at radius 3 is 2.43 bits per heavy atom. The lowest BCUT2D eigenvalue weighted by molar-refractivity contribution is -0.145. The number of fused-ring (bicyclic) bond motifs is 1. The fraction of sp³-hybridized carbons (Fsp3) is 0.200. The number of carbonyl (C=O) groups is 2. The van der Waals surface area contributed by atoms with Gasteiger partial charge < -0.3 is 19.9 Å². The maximum Gasteiger partial charge on any atom is 0.344 e. The van der Waals surface area contributed by atoms with Crippen molar-refractivity contribution in [3.8, 4) is 17.2 Å². The Kier molecular flexibility index (Phi) is 7.14. The van der Waals surface area contributed by atoms with Crippen LogP contribution in [0, 0.1) is 0 Å². The molecule has 1 atom stereocenters. The lowest BCUT2D eigenvalue weighted by Gasteiger charge is -2.24. The Bertz CT molecular complexity index is 1250. The number of amides is 1. The highest BCUT2D eigenvalue weighted by atomic mass is 35.5. The van der Waals surface area contributed by atoms with E-state index in [2.05, 4.69) is 5.32 Å². The first-order valence-corrected chi connectivity index (χ1v) is 11.3. The molecule has 0 saturated carbocycles. The van der Waals surface area contributed by atoms with Gasteiger partial charge in [0.1, 0.15) is 17.2 Å². The lowest BCUT2D eigenvalue weighted by Crippen LogP contribution is -2.34. The predicted molar refractivity (Wildman–Crippen MR) is 126 cm³/mol. The smallest absolute Gasteiger partial charge is 0.344 e. The highest BCUT2D eigenvalue weighted by Gasteiger charge is 2.32. The molecule has 0 aliphatic carbocycles. The number of carboxylic acids is 1. The van der Waals surface area contributed by atoms with Gasteiger partial charge in [0, 0.05) is 22.2 Å². The summed E-state index contributed by atoms with van der Waals surface area (Å²) in [5.41, 5.74) is 0.683. The van der Waals surface area contributed by atoms with Gasteiger partial charge in [-0.2, -0.15) is 8.78 Å². The molecule has 2 N–H and O–H groups in total. The van der Waals surface area contributed by atoms with E-state index >= 15 is 0 Å². The molecule has 6 nitrogen and oxygen atoms in total. The van der Waals surface area contributed by atoms with E-state index in [1.807, 2.05) is 0 Å². The zero-order valence-corrected chi connectivity index (χ0v) is 19.6. The standard InChI is InChI=1S/C25H19Cl2F2NO5/c26-17-6-4-16(5-7-17)25(28,29)13-30-23(31)14-1-8-18(9-2-14)34-22-12-21-15(11-19(22)27)3-10-20(35-21)24(32)33/h1-2,4-9,11-12,20H,3,10,13H2,(H,30,31)(H,32,33). The Balaban J connectivity index is 1.40. The molecule has 4 rings (SSSR count). The van der Waals surface area contributed by atoms with Gasteiger partial charge in [0.05, 0.1) is 11.6 Å². The molecule has 0 bridgehead atoms. The van der Waals surface area contributed by atoms with Crippen LogP contribution in [0.15, 0.2) is 60.7 Å². The predicted octanol–water partition coefficient (Wildman–Crippen LogP) is 6.09. The number of nitrogens with one attached hydrogen (secondary N) is 1. The van der Waals surface area contributed by atoms with E-state index in [1.165, 1.54) is 54.6 Å². The molecule has 35 heavy (non-hydrogen) atoms. The van der Waals surface area contributed by atoms with Crippen LogP contribution >= 0.6 is 23.2 Å². The Labute approximate surface area is 209 Å². The van der Waals surface area contributed by atoms with Crippen molar-refractivity contribution in [1.29, 1.82) is 0 Å². The molecule has 3 aromatic carbocycles. The van der Waals surface area contributed by atoms with Crippen molar-refractivity contribution in [3.05, 3.63) is 87.4 Å². The van der Waals surface area contributed by atoms with Crippen molar-refractivity contribution >= 4 is 35.1 Å². The van der Waals surface area contributed by atoms with Gasteiger partial charge in [-0.3, -0.25) is 4.79 Å². The number of aryl methyl sites for hydroxylation is 1. The van der Waals surface area contributed by atoms with E-state index in [9.17, 15) is 23.5 Å². The molecular formula is C25H19Cl2F2NO5. The van der Waals surface area contributed by atoms with Crippen molar-refractivity contribution in [1.82, 2.24) is 5.32 Å². The number of carboxylic acid groups (broad SMARTS) is 1. The maximum absolute atomic E-state index is 14.4. The number of ether oxygens (including phenoxy) is 2. The van der Waals surface area contributed by atoms with Crippen LogP contribution < -0.4 is 14.8 Å². The normalized spacial score (nSPS) is 15.0. The van der Waals surface area contributed by atoms with Gasteiger partial charge in [0.25, 0.3) is 11.8 Å². The number of hydrogen-bond acceptors (Lipinski definition) is 4. The van der Waals surface area contributed by atoms with Crippen molar-refractivity contribution in [2.45, 2.75) is 24.9 Å². The second-order valence-electron chi connectivity index (χ2n) is 7.89. The van der Waals surface area contributed by atoms with E-state index in [0.29, 0.717) is 34.4 Å². The van der Waals surface area contributed by atoms with Crippen LogP contribution in [0.5, 0.6) is 17.2 Å². The summed E-state index contributed by atoms with van der Waals surface area (Å²) >= 11 is 12.0. The molecule has 1 heterocycles. The number of rotatable bonds is 7. The van der Waals surface area contributed by atoms with E-state index in [-0.39, 0.29) is 16.9 Å². The van der Waals surface area contributed by atoms with Gasteiger partial charge in [0.15, 0.2) is 6.10 Å². The first kappa shape index (κ1) is 24.8. The minimum Gasteiger partial charge on any atom is -0.479 e. The number of carbonyl (C=O) groups excluding carboxylic acids is 1. The van der Waals surface area contributed by atoms with Gasteiger partial charge in [-0.15, -0.1) is 0 Å². The first-order chi connectivity index (χ1) is 16.6. The topological polar surface area (TPSA) is 84.9 Å². The largest absolute Gasteiger partial charge is 0.479 e. The summed E-state index contributed by atoms with van der Waals surface area (Å²) in [5, 5.41) is 12.1. The van der Waals surface area contributed by atoms with Gasteiger partial charge in [0.2, 0.25) is 0 Å². The third kappa shape index (κ3) is 5.83. The summed E-state index contributed by atoms with van der Waals surface area (Å²) in [4.78, 5) is 23.6. The number of halogens is 4. The molecule has 3 aromatic rings. The molecule has 0 radical (unpaired) electrons. The number of benzene rings is 3. The van der Waals surface area contributed by atoms with E-state index in [0.717, 1.165) is 5.56 Å².